The first kappa shape index (κ1) is 17.7. The second kappa shape index (κ2) is 6.99. The van der Waals surface area contributed by atoms with E-state index in [1.165, 1.54) is 33.6 Å². The molecule has 0 radical (unpaired) electrons. The average molecular weight is 355 g/mol. The molecule has 0 bridgehead atoms. The van der Waals surface area contributed by atoms with Crippen LogP contribution in [0.5, 0.6) is 0 Å². The molecule has 2 aromatic heterocycles. The fraction of sp³-hybridized carbons (Fsp3) is 0.333. The van der Waals surface area contributed by atoms with Crippen molar-refractivity contribution in [1.82, 2.24) is 24.0 Å². The van der Waals surface area contributed by atoms with Crippen LogP contribution in [0.15, 0.2) is 40.2 Å². The molecule has 0 atom stereocenters. The van der Waals surface area contributed by atoms with Gasteiger partial charge in [0.1, 0.15) is 6.54 Å². The van der Waals surface area contributed by atoms with Crippen molar-refractivity contribution in [2.75, 3.05) is 6.54 Å². The predicted octanol–water partition coefficient (Wildman–Crippen LogP) is 0.101. The van der Waals surface area contributed by atoms with Gasteiger partial charge in [0, 0.05) is 20.6 Å². The summed E-state index contributed by atoms with van der Waals surface area (Å²) >= 11 is 0. The lowest BCUT2D eigenvalue weighted by Crippen LogP contribution is -2.38. The molecule has 8 heteroatoms. The molecule has 0 saturated heterocycles. The van der Waals surface area contributed by atoms with Gasteiger partial charge >= 0.3 is 5.69 Å². The second-order valence-electron chi connectivity index (χ2n) is 6.28. The van der Waals surface area contributed by atoms with Crippen LogP contribution in [0.3, 0.4) is 0 Å². The molecule has 1 aromatic carbocycles. The number of nitrogens with zero attached hydrogens (tertiary/aromatic N) is 4. The van der Waals surface area contributed by atoms with Crippen LogP contribution in [0.2, 0.25) is 0 Å². The summed E-state index contributed by atoms with van der Waals surface area (Å²) in [4.78, 5) is 40.6. The van der Waals surface area contributed by atoms with Crippen LogP contribution in [-0.4, -0.2) is 31.1 Å². The number of rotatable bonds is 5. The number of carbonyl (C=O) groups excluding carboxylic acids is 1. The van der Waals surface area contributed by atoms with Gasteiger partial charge in [0.05, 0.1) is 6.33 Å². The molecule has 2 heterocycles. The summed E-state index contributed by atoms with van der Waals surface area (Å²) in [7, 11) is 2.95. The highest BCUT2D eigenvalue weighted by molar-refractivity contribution is 5.78. The number of imidazole rings is 1. The van der Waals surface area contributed by atoms with Crippen LogP contribution in [0, 0.1) is 6.92 Å². The topological polar surface area (TPSA) is 90.9 Å². The molecule has 0 aliphatic carbocycles. The van der Waals surface area contributed by atoms with Crippen molar-refractivity contribution in [2.45, 2.75) is 19.9 Å². The Morgan fingerprint density at radius 3 is 2.62 bits per heavy atom. The zero-order valence-electron chi connectivity index (χ0n) is 15.0. The van der Waals surface area contributed by atoms with Gasteiger partial charge in [-0.2, -0.15) is 0 Å². The Balaban J connectivity index is 1.73. The Hall–Kier alpha value is -3.16. The maximum Gasteiger partial charge on any atom is 0.332 e. The largest absolute Gasteiger partial charge is 0.354 e. The quantitative estimate of drug-likeness (QED) is 0.703. The Morgan fingerprint density at radius 1 is 1.15 bits per heavy atom. The minimum atomic E-state index is -0.465. The molecule has 0 fully saturated rings. The Morgan fingerprint density at radius 2 is 1.88 bits per heavy atom. The molecule has 1 N–H and O–H groups in total. The van der Waals surface area contributed by atoms with E-state index in [0.29, 0.717) is 6.54 Å². The molecule has 1 amide bonds. The number of amides is 1. The summed E-state index contributed by atoms with van der Waals surface area (Å²) in [6, 6.07) is 8.03. The minimum Gasteiger partial charge on any atom is -0.354 e. The number of hydrogen-bond donors (Lipinski definition) is 1. The van der Waals surface area contributed by atoms with Crippen molar-refractivity contribution in [2.24, 2.45) is 14.1 Å². The summed E-state index contributed by atoms with van der Waals surface area (Å²) in [5.41, 5.74) is 1.97. The van der Waals surface area contributed by atoms with E-state index in [-0.39, 0.29) is 23.6 Å². The van der Waals surface area contributed by atoms with Crippen molar-refractivity contribution >= 4 is 17.1 Å². The molecule has 0 aliphatic heterocycles. The third-order valence-electron chi connectivity index (χ3n) is 4.51. The van der Waals surface area contributed by atoms with Gasteiger partial charge in [-0.05, 0) is 24.5 Å². The van der Waals surface area contributed by atoms with E-state index in [0.717, 1.165) is 11.0 Å². The van der Waals surface area contributed by atoms with E-state index in [9.17, 15) is 14.4 Å². The highest BCUT2D eigenvalue weighted by Crippen LogP contribution is 2.07. The summed E-state index contributed by atoms with van der Waals surface area (Å²) in [6.45, 7) is 2.51. The molecule has 3 aromatic rings. The molecular formula is C18H21N5O3. The highest BCUT2D eigenvalue weighted by atomic mass is 16.2. The van der Waals surface area contributed by atoms with Crippen LogP contribution in [0.25, 0.3) is 11.2 Å². The third-order valence-corrected chi connectivity index (χ3v) is 4.51. The normalized spacial score (nSPS) is 11.0. The molecule has 0 spiro atoms. The van der Waals surface area contributed by atoms with Crippen molar-refractivity contribution in [3.63, 3.8) is 0 Å². The molecule has 26 heavy (non-hydrogen) atoms. The maximum atomic E-state index is 12.4. The van der Waals surface area contributed by atoms with Gasteiger partial charge in [0.25, 0.3) is 5.56 Å². The van der Waals surface area contributed by atoms with E-state index in [4.69, 9.17) is 0 Å². The SMILES string of the molecule is Cc1ccccc1CCNC(=O)Cn1cnc2c1c(=O)n(C)c(=O)n2C. The fourth-order valence-corrected chi connectivity index (χ4v) is 2.95. The summed E-state index contributed by atoms with van der Waals surface area (Å²) < 4.78 is 3.78. The zero-order chi connectivity index (χ0) is 18.8. The first-order chi connectivity index (χ1) is 12.4. The smallest absolute Gasteiger partial charge is 0.332 e. The summed E-state index contributed by atoms with van der Waals surface area (Å²) in [5, 5.41) is 2.86. The van der Waals surface area contributed by atoms with Crippen LogP contribution in [0.1, 0.15) is 11.1 Å². The van der Waals surface area contributed by atoms with Crippen molar-refractivity contribution < 1.29 is 4.79 Å². The van der Waals surface area contributed by atoms with Crippen molar-refractivity contribution in [3.05, 3.63) is 62.6 Å². The number of aryl methyl sites for hydroxylation is 2. The monoisotopic (exact) mass is 355 g/mol. The Bertz CT molecular complexity index is 1090. The number of carbonyl (C=O) groups is 1. The van der Waals surface area contributed by atoms with Crippen molar-refractivity contribution in [1.29, 1.82) is 0 Å². The molecule has 0 aliphatic rings. The first-order valence-electron chi connectivity index (χ1n) is 8.32. The number of nitrogens with one attached hydrogen (secondary N) is 1. The first-order valence-corrected chi connectivity index (χ1v) is 8.32. The van der Waals surface area contributed by atoms with Gasteiger partial charge in [-0.25, -0.2) is 9.78 Å². The van der Waals surface area contributed by atoms with Gasteiger partial charge in [-0.3, -0.25) is 18.7 Å². The van der Waals surface area contributed by atoms with Gasteiger partial charge in [0.15, 0.2) is 11.2 Å². The van der Waals surface area contributed by atoms with Crippen LogP contribution >= 0.6 is 0 Å². The van der Waals surface area contributed by atoms with Crippen molar-refractivity contribution in [3.8, 4) is 0 Å². The van der Waals surface area contributed by atoms with E-state index in [1.807, 2.05) is 31.2 Å². The molecule has 3 rings (SSSR count). The van der Waals surface area contributed by atoms with Gasteiger partial charge < -0.3 is 9.88 Å². The lowest BCUT2D eigenvalue weighted by Gasteiger charge is -2.09. The van der Waals surface area contributed by atoms with Crippen LogP contribution in [0.4, 0.5) is 0 Å². The second-order valence-corrected chi connectivity index (χ2v) is 6.28. The molecule has 0 saturated carbocycles. The number of benzene rings is 1. The maximum absolute atomic E-state index is 12.4. The molecule has 136 valence electrons. The zero-order valence-corrected chi connectivity index (χ0v) is 15.0. The fourth-order valence-electron chi connectivity index (χ4n) is 2.95. The Labute approximate surface area is 149 Å². The minimum absolute atomic E-state index is 0.0300. The molecule has 0 unspecified atom stereocenters. The van der Waals surface area contributed by atoms with E-state index in [2.05, 4.69) is 10.3 Å². The predicted molar refractivity (Wildman–Crippen MR) is 98.1 cm³/mol. The summed E-state index contributed by atoms with van der Waals surface area (Å²) in [5.74, 6) is -0.214. The lowest BCUT2D eigenvalue weighted by atomic mass is 10.1. The molecular weight excluding hydrogens is 334 g/mol. The van der Waals surface area contributed by atoms with E-state index in [1.54, 1.807) is 7.05 Å². The van der Waals surface area contributed by atoms with E-state index < -0.39 is 11.2 Å². The molecule has 8 nitrogen and oxygen atoms in total. The Kier molecular flexibility index (Phi) is 4.75. The lowest BCUT2D eigenvalue weighted by molar-refractivity contribution is -0.121. The highest BCUT2D eigenvalue weighted by Gasteiger charge is 2.15. The van der Waals surface area contributed by atoms with E-state index >= 15 is 0 Å². The average Bonchev–Trinajstić information content (AvgIpc) is 3.03. The standard InChI is InChI=1S/C18H21N5O3/c1-12-6-4-5-7-13(12)8-9-19-14(24)10-23-11-20-16-15(23)17(25)22(3)18(26)21(16)2/h4-7,11H,8-10H2,1-3H3,(H,19,24). The van der Waals surface area contributed by atoms with Gasteiger partial charge in [-0.1, -0.05) is 24.3 Å². The number of aromatic nitrogens is 4. The van der Waals surface area contributed by atoms with Crippen LogP contribution in [-0.2, 0) is 31.9 Å². The number of fused-ring (bicyclic) bond motifs is 1. The summed E-state index contributed by atoms with van der Waals surface area (Å²) in [6.07, 6.45) is 2.14. The van der Waals surface area contributed by atoms with Gasteiger partial charge in [0.2, 0.25) is 5.91 Å². The van der Waals surface area contributed by atoms with Crippen LogP contribution < -0.4 is 16.6 Å². The van der Waals surface area contributed by atoms with Gasteiger partial charge in [-0.15, -0.1) is 0 Å². The third kappa shape index (κ3) is 3.17. The number of hydrogen-bond acceptors (Lipinski definition) is 4.